The molecule has 0 unspecified atom stereocenters. The fourth-order valence-electron chi connectivity index (χ4n) is 4.78. The summed E-state index contributed by atoms with van der Waals surface area (Å²) in [4.78, 5) is 33.1. The predicted molar refractivity (Wildman–Crippen MR) is 141 cm³/mol. The highest BCUT2D eigenvalue weighted by Gasteiger charge is 2.27. The van der Waals surface area contributed by atoms with E-state index in [0.29, 0.717) is 43.4 Å². The molecule has 0 saturated heterocycles. The van der Waals surface area contributed by atoms with Crippen molar-refractivity contribution in [2.24, 2.45) is 0 Å². The van der Waals surface area contributed by atoms with Gasteiger partial charge in [-0.15, -0.1) is 0 Å². The summed E-state index contributed by atoms with van der Waals surface area (Å²) in [5.74, 6) is -2.48. The summed E-state index contributed by atoms with van der Waals surface area (Å²) in [5.41, 5.74) is 0. The number of allylic oxidation sites excluding steroid dienone is 2. The van der Waals surface area contributed by atoms with Crippen LogP contribution in [0.4, 0.5) is 0 Å². The maximum Gasteiger partial charge on any atom is 0.303 e. The SMILES string of the molecule is CC/C=C/CCCCCCCCCCCC[N+](CCCC(=O)O)(CCCC(=O)O)CCCC(=O)O. The number of hydrogen-bond acceptors (Lipinski definition) is 3. The van der Waals surface area contributed by atoms with E-state index < -0.39 is 17.9 Å². The van der Waals surface area contributed by atoms with Crippen molar-refractivity contribution in [3.8, 4) is 0 Å². The van der Waals surface area contributed by atoms with Gasteiger partial charge in [0.05, 0.1) is 45.4 Å². The monoisotopic (exact) mass is 498 g/mol. The van der Waals surface area contributed by atoms with Crippen LogP contribution in [0.25, 0.3) is 0 Å². The first-order valence-corrected chi connectivity index (χ1v) is 14.0. The Kier molecular flexibility index (Phi) is 21.3. The van der Waals surface area contributed by atoms with Crippen molar-refractivity contribution in [2.75, 3.05) is 26.2 Å². The lowest BCUT2D eigenvalue weighted by molar-refractivity contribution is -0.929. The maximum atomic E-state index is 11.0. The van der Waals surface area contributed by atoms with Crippen LogP contribution >= 0.6 is 0 Å². The number of carbonyl (C=O) groups is 3. The normalized spacial score (nSPS) is 11.8. The van der Waals surface area contributed by atoms with Crippen molar-refractivity contribution in [2.45, 2.75) is 122 Å². The standard InChI is InChI=1S/C28H51NO6/c1-2-3-4-5-6-7-8-9-10-11-12-13-14-15-22-29(23-16-19-26(30)31,24-17-20-27(32)33)25-18-21-28(34)35/h3-4H,2,5-25H2,1H3,(H2-,30,31,32,33,34,35)/p+1/b4-3+. The average Bonchev–Trinajstić information content (AvgIpc) is 2.78. The first kappa shape index (κ1) is 33.1. The number of quaternary nitrogens is 1. The highest BCUT2D eigenvalue weighted by atomic mass is 16.4. The van der Waals surface area contributed by atoms with Crippen LogP contribution in [0.3, 0.4) is 0 Å². The summed E-state index contributed by atoms with van der Waals surface area (Å²) in [6, 6.07) is 0. The summed E-state index contributed by atoms with van der Waals surface area (Å²) in [5, 5.41) is 27.2. The number of hydrogen-bond donors (Lipinski definition) is 3. The first-order valence-electron chi connectivity index (χ1n) is 14.0. The van der Waals surface area contributed by atoms with Gasteiger partial charge >= 0.3 is 17.9 Å². The van der Waals surface area contributed by atoms with Crippen LogP contribution in [0.15, 0.2) is 12.2 Å². The maximum absolute atomic E-state index is 11.0. The molecule has 0 aromatic carbocycles. The number of nitrogens with zero attached hydrogens (tertiary/aromatic N) is 1. The van der Waals surface area contributed by atoms with Gasteiger partial charge in [-0.25, -0.2) is 0 Å². The van der Waals surface area contributed by atoms with Gasteiger partial charge in [-0.05, 0) is 32.1 Å². The number of carboxylic acid groups (broad SMARTS) is 3. The number of rotatable bonds is 26. The number of unbranched alkanes of at least 4 members (excludes halogenated alkanes) is 10. The van der Waals surface area contributed by atoms with Gasteiger partial charge in [0.15, 0.2) is 0 Å². The molecular weight excluding hydrogens is 446 g/mol. The first-order chi connectivity index (χ1) is 16.8. The fraction of sp³-hybridized carbons (Fsp3) is 0.821. The summed E-state index contributed by atoms with van der Waals surface area (Å²) in [7, 11) is 0. The third-order valence-electron chi connectivity index (χ3n) is 6.72. The molecule has 0 aliphatic rings. The van der Waals surface area contributed by atoms with Gasteiger partial charge in [0.25, 0.3) is 0 Å². The quantitative estimate of drug-likeness (QED) is 0.0699. The molecule has 0 aliphatic carbocycles. The highest BCUT2D eigenvalue weighted by molar-refractivity contribution is 5.67. The zero-order valence-corrected chi connectivity index (χ0v) is 22.2. The van der Waals surface area contributed by atoms with Gasteiger partial charge < -0.3 is 19.8 Å². The fourth-order valence-corrected chi connectivity index (χ4v) is 4.78. The second kappa shape index (κ2) is 22.6. The van der Waals surface area contributed by atoms with E-state index in [9.17, 15) is 14.4 Å². The Bertz CT molecular complexity index is 540. The van der Waals surface area contributed by atoms with Gasteiger partial charge in [-0.3, -0.25) is 14.4 Å². The van der Waals surface area contributed by atoms with Crippen LogP contribution in [0.2, 0.25) is 0 Å². The van der Waals surface area contributed by atoms with Gasteiger partial charge in [-0.1, -0.05) is 64.0 Å². The van der Waals surface area contributed by atoms with E-state index in [-0.39, 0.29) is 19.3 Å². The molecule has 0 amide bonds. The van der Waals surface area contributed by atoms with Gasteiger partial charge in [0.1, 0.15) is 0 Å². The molecular formula is C28H52NO6+. The van der Waals surface area contributed by atoms with E-state index in [0.717, 1.165) is 25.8 Å². The van der Waals surface area contributed by atoms with Crippen molar-refractivity contribution in [3.05, 3.63) is 12.2 Å². The minimum Gasteiger partial charge on any atom is -0.481 e. The molecule has 0 radical (unpaired) electrons. The van der Waals surface area contributed by atoms with Crippen molar-refractivity contribution < 1.29 is 34.2 Å². The van der Waals surface area contributed by atoms with Crippen LogP contribution in [0.5, 0.6) is 0 Å². The molecule has 0 aliphatic heterocycles. The third kappa shape index (κ3) is 22.3. The van der Waals surface area contributed by atoms with Gasteiger partial charge in [0, 0.05) is 19.3 Å². The Hall–Kier alpha value is -1.89. The van der Waals surface area contributed by atoms with E-state index in [4.69, 9.17) is 15.3 Å². The molecule has 3 N–H and O–H groups in total. The van der Waals surface area contributed by atoms with E-state index in [1.165, 1.54) is 57.8 Å². The van der Waals surface area contributed by atoms with Crippen LogP contribution in [-0.2, 0) is 14.4 Å². The van der Waals surface area contributed by atoms with Crippen LogP contribution in [0, 0.1) is 0 Å². The molecule has 0 aromatic heterocycles. The Morgan fingerprint density at radius 1 is 0.514 bits per heavy atom. The minimum absolute atomic E-state index is 0.0906. The summed E-state index contributed by atoms with van der Waals surface area (Å²) < 4.78 is 0.640. The lowest BCUT2D eigenvalue weighted by Crippen LogP contribution is -2.51. The van der Waals surface area contributed by atoms with Gasteiger partial charge in [0.2, 0.25) is 0 Å². The van der Waals surface area contributed by atoms with Gasteiger partial charge in [-0.2, -0.15) is 0 Å². The van der Waals surface area contributed by atoms with E-state index >= 15 is 0 Å². The molecule has 0 spiro atoms. The Labute approximate surface area is 213 Å². The lowest BCUT2D eigenvalue weighted by atomic mass is 10.0. The van der Waals surface area contributed by atoms with E-state index in [1.807, 2.05) is 0 Å². The predicted octanol–water partition coefficient (Wildman–Crippen LogP) is 6.65. The Morgan fingerprint density at radius 3 is 1.23 bits per heavy atom. The summed E-state index contributed by atoms with van der Waals surface area (Å²) in [6.45, 7) is 5.03. The smallest absolute Gasteiger partial charge is 0.303 e. The van der Waals surface area contributed by atoms with Crippen LogP contribution in [-0.4, -0.2) is 63.9 Å². The molecule has 0 fully saturated rings. The zero-order valence-electron chi connectivity index (χ0n) is 22.2. The van der Waals surface area contributed by atoms with Crippen LogP contribution < -0.4 is 0 Å². The summed E-state index contributed by atoms with van der Waals surface area (Å²) in [6.07, 6.45) is 21.1. The third-order valence-corrected chi connectivity index (χ3v) is 6.72. The lowest BCUT2D eigenvalue weighted by Gasteiger charge is -2.39. The second-order valence-corrected chi connectivity index (χ2v) is 9.93. The molecule has 7 nitrogen and oxygen atoms in total. The molecule has 0 bridgehead atoms. The average molecular weight is 499 g/mol. The molecule has 0 atom stereocenters. The van der Waals surface area contributed by atoms with E-state index in [1.54, 1.807) is 0 Å². The topological polar surface area (TPSA) is 112 Å². The number of aliphatic carboxylic acids is 3. The molecule has 0 saturated carbocycles. The minimum atomic E-state index is -0.826. The Balaban J connectivity index is 4.37. The zero-order chi connectivity index (χ0) is 26.2. The van der Waals surface area contributed by atoms with Crippen molar-refractivity contribution in [1.82, 2.24) is 0 Å². The largest absolute Gasteiger partial charge is 0.481 e. The molecule has 0 heterocycles. The van der Waals surface area contributed by atoms with Crippen molar-refractivity contribution in [3.63, 3.8) is 0 Å². The molecule has 7 heteroatoms. The molecule has 204 valence electrons. The van der Waals surface area contributed by atoms with Crippen LogP contribution in [0.1, 0.15) is 122 Å². The summed E-state index contributed by atoms with van der Waals surface area (Å²) >= 11 is 0. The molecule has 0 aromatic rings. The Morgan fingerprint density at radius 2 is 0.857 bits per heavy atom. The van der Waals surface area contributed by atoms with Crippen molar-refractivity contribution >= 4 is 17.9 Å². The molecule has 35 heavy (non-hydrogen) atoms. The van der Waals surface area contributed by atoms with E-state index in [2.05, 4.69) is 19.1 Å². The number of carboxylic acids is 3. The molecule has 0 rings (SSSR count). The highest BCUT2D eigenvalue weighted by Crippen LogP contribution is 2.18. The van der Waals surface area contributed by atoms with Crippen molar-refractivity contribution in [1.29, 1.82) is 0 Å². The second-order valence-electron chi connectivity index (χ2n) is 9.93.